The molecule has 0 spiro atoms. The van der Waals surface area contributed by atoms with Crippen LogP contribution in [0.5, 0.6) is 11.5 Å². The van der Waals surface area contributed by atoms with Crippen molar-refractivity contribution in [2.45, 2.75) is 33.0 Å². The Balaban J connectivity index is 1.56. The molecule has 1 unspecified atom stereocenters. The van der Waals surface area contributed by atoms with Gasteiger partial charge in [-0.15, -0.1) is 0 Å². The Kier molecular flexibility index (Phi) is 7.14. The molecule has 0 saturated carbocycles. The third kappa shape index (κ3) is 6.00. The monoisotopic (exact) mass is 409 g/mol. The van der Waals surface area contributed by atoms with E-state index in [0.717, 1.165) is 16.9 Å². The maximum atomic E-state index is 12.6. The van der Waals surface area contributed by atoms with Gasteiger partial charge >= 0.3 is 0 Å². The highest BCUT2D eigenvalue weighted by Gasteiger charge is 2.19. The first-order chi connectivity index (χ1) is 14.0. The van der Waals surface area contributed by atoms with Crippen molar-refractivity contribution in [3.8, 4) is 11.5 Å². The predicted molar refractivity (Wildman–Crippen MR) is 117 cm³/mol. The van der Waals surface area contributed by atoms with Crippen molar-refractivity contribution in [3.05, 3.63) is 88.9 Å². The van der Waals surface area contributed by atoms with Gasteiger partial charge in [-0.25, -0.2) is 0 Å². The van der Waals surface area contributed by atoms with Crippen molar-refractivity contribution in [3.63, 3.8) is 0 Å². The second-order valence-corrected chi connectivity index (χ2v) is 7.12. The molecule has 29 heavy (non-hydrogen) atoms. The minimum Gasteiger partial charge on any atom is -0.489 e. The molecule has 0 fully saturated rings. The van der Waals surface area contributed by atoms with Crippen LogP contribution in [0.25, 0.3) is 0 Å². The van der Waals surface area contributed by atoms with E-state index in [4.69, 9.17) is 21.1 Å². The molecule has 1 N–H and O–H groups in total. The number of rotatable bonds is 8. The predicted octanol–water partition coefficient (Wildman–Crippen LogP) is 6.02. The van der Waals surface area contributed by atoms with Gasteiger partial charge in [0.2, 0.25) is 0 Å². The van der Waals surface area contributed by atoms with Gasteiger partial charge in [0.15, 0.2) is 6.10 Å². The lowest BCUT2D eigenvalue weighted by atomic mass is 10.2. The van der Waals surface area contributed by atoms with Crippen molar-refractivity contribution in [1.29, 1.82) is 0 Å². The molecule has 0 saturated heterocycles. The van der Waals surface area contributed by atoms with Crippen LogP contribution in [0, 0.1) is 6.92 Å². The van der Waals surface area contributed by atoms with E-state index in [1.165, 1.54) is 0 Å². The SMILES string of the molecule is CCC(Oc1ccc(Cl)c(C)c1)C(=O)Nc1ccc(OCc2ccccc2)cc1. The van der Waals surface area contributed by atoms with Gasteiger partial charge in [-0.2, -0.15) is 0 Å². The molecule has 3 aromatic rings. The van der Waals surface area contributed by atoms with Gasteiger partial charge < -0.3 is 14.8 Å². The van der Waals surface area contributed by atoms with Crippen LogP contribution in [0.3, 0.4) is 0 Å². The summed E-state index contributed by atoms with van der Waals surface area (Å²) in [5.74, 6) is 1.17. The number of anilines is 1. The standard InChI is InChI=1S/C24H24ClNO3/c1-3-23(29-21-13-14-22(25)17(2)15-21)24(27)26-19-9-11-20(12-10-19)28-16-18-7-5-4-6-8-18/h4-15,23H,3,16H2,1-2H3,(H,26,27). The van der Waals surface area contributed by atoms with Crippen molar-refractivity contribution < 1.29 is 14.3 Å². The second kappa shape index (κ2) is 9.99. The number of halogens is 1. The fourth-order valence-electron chi connectivity index (χ4n) is 2.78. The third-order valence-corrected chi connectivity index (χ3v) is 4.87. The molecule has 4 nitrogen and oxygen atoms in total. The number of hydrogen-bond acceptors (Lipinski definition) is 3. The average Bonchev–Trinajstić information content (AvgIpc) is 2.74. The Hall–Kier alpha value is -2.98. The topological polar surface area (TPSA) is 47.6 Å². The van der Waals surface area contributed by atoms with Gasteiger partial charge in [0.25, 0.3) is 5.91 Å². The van der Waals surface area contributed by atoms with Crippen LogP contribution in [0.15, 0.2) is 72.8 Å². The second-order valence-electron chi connectivity index (χ2n) is 6.71. The summed E-state index contributed by atoms with van der Waals surface area (Å²) in [5, 5.41) is 3.57. The molecule has 0 aliphatic heterocycles. The molecule has 1 atom stereocenters. The summed E-state index contributed by atoms with van der Waals surface area (Å²) in [6.07, 6.45) is -0.0456. The average molecular weight is 410 g/mol. The summed E-state index contributed by atoms with van der Waals surface area (Å²) in [6, 6.07) is 22.6. The van der Waals surface area contributed by atoms with Crippen molar-refractivity contribution >= 4 is 23.2 Å². The zero-order valence-electron chi connectivity index (χ0n) is 16.5. The highest BCUT2D eigenvalue weighted by atomic mass is 35.5. The lowest BCUT2D eigenvalue weighted by Gasteiger charge is -2.18. The highest BCUT2D eigenvalue weighted by Crippen LogP contribution is 2.23. The van der Waals surface area contributed by atoms with Gasteiger partial charge in [0.1, 0.15) is 18.1 Å². The maximum absolute atomic E-state index is 12.6. The van der Waals surface area contributed by atoms with Gasteiger partial charge in [-0.3, -0.25) is 4.79 Å². The summed E-state index contributed by atoms with van der Waals surface area (Å²) in [6.45, 7) is 4.31. The van der Waals surface area contributed by atoms with E-state index >= 15 is 0 Å². The van der Waals surface area contributed by atoms with Crippen molar-refractivity contribution in [2.24, 2.45) is 0 Å². The van der Waals surface area contributed by atoms with E-state index in [9.17, 15) is 4.79 Å². The lowest BCUT2D eigenvalue weighted by molar-refractivity contribution is -0.122. The van der Waals surface area contributed by atoms with Crippen molar-refractivity contribution in [2.75, 3.05) is 5.32 Å². The lowest BCUT2D eigenvalue weighted by Crippen LogP contribution is -2.32. The molecule has 5 heteroatoms. The Bertz CT molecular complexity index is 942. The number of nitrogens with one attached hydrogen (secondary N) is 1. The fraction of sp³-hybridized carbons (Fsp3) is 0.208. The van der Waals surface area contributed by atoms with Crippen LogP contribution >= 0.6 is 11.6 Å². The first-order valence-electron chi connectivity index (χ1n) is 9.55. The smallest absolute Gasteiger partial charge is 0.265 e. The Morgan fingerprint density at radius 1 is 1.00 bits per heavy atom. The number of carbonyl (C=O) groups is 1. The number of ether oxygens (including phenoxy) is 2. The number of hydrogen-bond donors (Lipinski definition) is 1. The summed E-state index contributed by atoms with van der Waals surface area (Å²) in [7, 11) is 0. The zero-order valence-corrected chi connectivity index (χ0v) is 17.3. The quantitative estimate of drug-likeness (QED) is 0.494. The number of carbonyl (C=O) groups excluding carboxylic acids is 1. The molecule has 3 rings (SSSR count). The van der Waals surface area contributed by atoms with E-state index < -0.39 is 6.10 Å². The van der Waals surface area contributed by atoms with Crippen LogP contribution in [0.1, 0.15) is 24.5 Å². The van der Waals surface area contributed by atoms with Crippen LogP contribution in [0.2, 0.25) is 5.02 Å². The summed E-state index contributed by atoms with van der Waals surface area (Å²) in [5.41, 5.74) is 2.70. The minimum atomic E-state index is -0.593. The first-order valence-corrected chi connectivity index (χ1v) is 9.93. The molecule has 0 heterocycles. The Morgan fingerprint density at radius 2 is 1.69 bits per heavy atom. The first kappa shape index (κ1) is 20.7. The fourth-order valence-corrected chi connectivity index (χ4v) is 2.89. The highest BCUT2D eigenvalue weighted by molar-refractivity contribution is 6.31. The molecule has 3 aromatic carbocycles. The largest absolute Gasteiger partial charge is 0.489 e. The van der Waals surface area contributed by atoms with Crippen LogP contribution < -0.4 is 14.8 Å². The van der Waals surface area contributed by atoms with Crippen LogP contribution in [-0.2, 0) is 11.4 Å². The molecule has 150 valence electrons. The van der Waals surface area contributed by atoms with Crippen LogP contribution in [0.4, 0.5) is 5.69 Å². The molecule has 0 bridgehead atoms. The maximum Gasteiger partial charge on any atom is 0.265 e. The minimum absolute atomic E-state index is 0.196. The molecular formula is C24H24ClNO3. The normalized spacial score (nSPS) is 11.6. The molecule has 1 amide bonds. The van der Waals surface area contributed by atoms with Gasteiger partial charge in [0, 0.05) is 10.7 Å². The summed E-state index contributed by atoms with van der Waals surface area (Å²) < 4.78 is 11.6. The third-order valence-electron chi connectivity index (χ3n) is 4.44. The number of amides is 1. The van der Waals surface area contributed by atoms with Gasteiger partial charge in [-0.05, 0) is 66.9 Å². The zero-order chi connectivity index (χ0) is 20.6. The molecule has 0 aliphatic rings. The Morgan fingerprint density at radius 3 is 2.34 bits per heavy atom. The van der Waals surface area contributed by atoms with Gasteiger partial charge in [0.05, 0.1) is 0 Å². The van der Waals surface area contributed by atoms with E-state index in [2.05, 4.69) is 5.32 Å². The summed E-state index contributed by atoms with van der Waals surface area (Å²) in [4.78, 5) is 12.6. The van der Waals surface area contributed by atoms with Gasteiger partial charge in [-0.1, -0.05) is 48.9 Å². The number of aryl methyl sites for hydroxylation is 1. The molecular weight excluding hydrogens is 386 g/mol. The van der Waals surface area contributed by atoms with Crippen molar-refractivity contribution in [1.82, 2.24) is 0 Å². The van der Waals surface area contributed by atoms with E-state index in [0.29, 0.717) is 29.5 Å². The molecule has 0 aliphatic carbocycles. The molecule has 0 radical (unpaired) electrons. The van der Waals surface area contributed by atoms with Crippen LogP contribution in [-0.4, -0.2) is 12.0 Å². The van der Waals surface area contributed by atoms with E-state index in [1.54, 1.807) is 12.1 Å². The molecule has 0 aromatic heterocycles. The van der Waals surface area contributed by atoms with E-state index in [-0.39, 0.29) is 5.91 Å². The van der Waals surface area contributed by atoms with E-state index in [1.807, 2.05) is 74.5 Å². The summed E-state index contributed by atoms with van der Waals surface area (Å²) >= 11 is 6.05. The number of benzene rings is 3. The Labute approximate surface area is 176 Å².